The summed E-state index contributed by atoms with van der Waals surface area (Å²) in [5, 5.41) is 4.56. The fourth-order valence-electron chi connectivity index (χ4n) is 4.71. The van der Waals surface area contributed by atoms with Crippen LogP contribution in [0.25, 0.3) is 22.4 Å². The average Bonchev–Trinajstić information content (AvgIpc) is 3.35. The van der Waals surface area contributed by atoms with E-state index in [4.69, 9.17) is 14.5 Å². The summed E-state index contributed by atoms with van der Waals surface area (Å²) < 4.78 is 28.2. The van der Waals surface area contributed by atoms with Crippen molar-refractivity contribution in [2.24, 2.45) is 0 Å². The second kappa shape index (κ2) is 12.8. The Kier molecular flexibility index (Phi) is 8.94. The zero-order valence-electron chi connectivity index (χ0n) is 23.0. The molecule has 5 rings (SSSR count). The lowest BCUT2D eigenvalue weighted by Crippen LogP contribution is -2.46. The number of hydrogen-bond acceptors (Lipinski definition) is 9. The third-order valence-corrected chi connectivity index (χ3v) is 8.36. The number of rotatable bonds is 11. The van der Waals surface area contributed by atoms with E-state index in [1.807, 2.05) is 29.4 Å². The summed E-state index contributed by atoms with van der Waals surface area (Å²) in [7, 11) is 0.165. The van der Waals surface area contributed by atoms with Crippen LogP contribution in [-0.4, -0.2) is 96.2 Å². The molecule has 0 spiro atoms. The van der Waals surface area contributed by atoms with Gasteiger partial charge in [-0.3, -0.25) is 14.5 Å². The molecule has 4 aromatic rings. The van der Waals surface area contributed by atoms with Gasteiger partial charge in [0.1, 0.15) is 28.9 Å². The molecule has 1 unspecified atom stereocenters. The molecule has 0 saturated carbocycles. The standard InChI is InChI=1S/C27H34N8O4S/c1-4-22-23-24(32-35(22)18-19-8-6-7-9-28-19)26(36)31-25(30-23)21-16-20(17-29-27(21)39-15-14-38-3)40(37)34-12-10-33(5-2)11-13-34/h6-9,16-17H,4-5,10-15,18H2,1-3H3,(H,30,31,36). The van der Waals surface area contributed by atoms with Crippen LogP contribution in [0.4, 0.5) is 0 Å². The molecule has 1 fully saturated rings. The minimum atomic E-state index is -1.42. The van der Waals surface area contributed by atoms with Crippen molar-refractivity contribution in [3.8, 4) is 17.3 Å². The van der Waals surface area contributed by atoms with Crippen molar-refractivity contribution in [1.29, 1.82) is 0 Å². The van der Waals surface area contributed by atoms with E-state index in [9.17, 15) is 9.00 Å². The summed E-state index contributed by atoms with van der Waals surface area (Å²) in [6.07, 6.45) is 3.90. The Bertz CT molecular complexity index is 1530. The van der Waals surface area contributed by atoms with Gasteiger partial charge in [0.25, 0.3) is 5.56 Å². The van der Waals surface area contributed by atoms with Crippen molar-refractivity contribution >= 4 is 22.0 Å². The molecule has 0 aliphatic carbocycles. The number of fused-ring (bicyclic) bond motifs is 1. The molecule has 212 valence electrons. The molecule has 40 heavy (non-hydrogen) atoms. The van der Waals surface area contributed by atoms with Crippen LogP contribution >= 0.6 is 0 Å². The summed E-state index contributed by atoms with van der Waals surface area (Å²) in [6, 6.07) is 7.43. The van der Waals surface area contributed by atoms with Gasteiger partial charge in [-0.05, 0) is 31.2 Å². The number of likely N-dealkylation sites (N-methyl/N-ethyl adjacent to an activating group) is 1. The van der Waals surface area contributed by atoms with E-state index in [1.165, 1.54) is 0 Å². The van der Waals surface area contributed by atoms with Crippen LogP contribution in [0.3, 0.4) is 0 Å². The van der Waals surface area contributed by atoms with E-state index in [0.29, 0.717) is 48.6 Å². The molecule has 1 atom stereocenters. The number of aryl methyl sites for hydroxylation is 1. The highest BCUT2D eigenvalue weighted by atomic mass is 32.2. The first-order valence-electron chi connectivity index (χ1n) is 13.4. The molecule has 1 N–H and O–H groups in total. The highest BCUT2D eigenvalue weighted by molar-refractivity contribution is 7.82. The Hall–Kier alpha value is -3.52. The molecule has 1 aliphatic heterocycles. The zero-order chi connectivity index (χ0) is 28.1. The van der Waals surface area contributed by atoms with Crippen LogP contribution in [0, 0.1) is 0 Å². The van der Waals surface area contributed by atoms with Crippen LogP contribution in [0.15, 0.2) is 46.3 Å². The van der Waals surface area contributed by atoms with Crippen LogP contribution in [0.2, 0.25) is 0 Å². The van der Waals surface area contributed by atoms with Gasteiger partial charge >= 0.3 is 0 Å². The molecule has 0 amide bonds. The molecule has 1 saturated heterocycles. The summed E-state index contributed by atoms with van der Waals surface area (Å²) in [5.41, 5.74) is 2.47. The van der Waals surface area contributed by atoms with E-state index in [2.05, 4.69) is 31.9 Å². The second-order valence-electron chi connectivity index (χ2n) is 9.37. The second-order valence-corrected chi connectivity index (χ2v) is 10.9. The van der Waals surface area contributed by atoms with Crippen molar-refractivity contribution in [3.63, 3.8) is 0 Å². The first kappa shape index (κ1) is 28.0. The fourth-order valence-corrected chi connectivity index (χ4v) is 5.87. The Labute approximate surface area is 235 Å². The first-order chi connectivity index (χ1) is 19.5. The summed E-state index contributed by atoms with van der Waals surface area (Å²) in [4.78, 5) is 32.7. The lowest BCUT2D eigenvalue weighted by Gasteiger charge is -2.32. The molecule has 0 aromatic carbocycles. The van der Waals surface area contributed by atoms with Gasteiger partial charge in [0.2, 0.25) is 5.88 Å². The number of pyridine rings is 2. The molecule has 5 heterocycles. The number of aromatic amines is 1. The molecular formula is C27H34N8O4S. The van der Waals surface area contributed by atoms with Crippen molar-refractivity contribution < 1.29 is 13.7 Å². The molecule has 12 nitrogen and oxygen atoms in total. The molecule has 13 heteroatoms. The van der Waals surface area contributed by atoms with Gasteiger partial charge < -0.3 is 19.4 Å². The Balaban J connectivity index is 1.54. The van der Waals surface area contributed by atoms with E-state index >= 15 is 0 Å². The molecule has 1 aliphatic rings. The molecule has 4 aromatic heterocycles. The van der Waals surface area contributed by atoms with Crippen LogP contribution in [-0.2, 0) is 28.7 Å². The van der Waals surface area contributed by atoms with E-state index in [-0.39, 0.29) is 29.4 Å². The number of H-pyrrole nitrogens is 1. The van der Waals surface area contributed by atoms with Crippen LogP contribution in [0.1, 0.15) is 25.2 Å². The number of ether oxygens (including phenoxy) is 2. The van der Waals surface area contributed by atoms with Gasteiger partial charge in [-0.2, -0.15) is 5.10 Å². The predicted molar refractivity (Wildman–Crippen MR) is 152 cm³/mol. The highest BCUT2D eigenvalue weighted by Gasteiger charge is 2.24. The van der Waals surface area contributed by atoms with Crippen molar-refractivity contribution in [2.45, 2.75) is 31.7 Å². The lowest BCUT2D eigenvalue weighted by molar-refractivity contribution is 0.144. The normalized spacial score (nSPS) is 15.5. The van der Waals surface area contributed by atoms with Crippen molar-refractivity contribution in [3.05, 3.63) is 58.4 Å². The number of nitrogens with zero attached hydrogens (tertiary/aromatic N) is 7. The highest BCUT2D eigenvalue weighted by Crippen LogP contribution is 2.29. The molecule has 0 bridgehead atoms. The zero-order valence-corrected chi connectivity index (χ0v) is 23.8. The Morgan fingerprint density at radius 3 is 2.60 bits per heavy atom. The lowest BCUT2D eigenvalue weighted by atomic mass is 10.2. The van der Waals surface area contributed by atoms with Gasteiger partial charge in [-0.25, -0.2) is 18.5 Å². The van der Waals surface area contributed by atoms with Gasteiger partial charge in [0, 0.05) is 45.7 Å². The topological polar surface area (TPSA) is 131 Å². The smallest absolute Gasteiger partial charge is 0.279 e. The number of hydrogen-bond donors (Lipinski definition) is 1. The minimum Gasteiger partial charge on any atom is -0.475 e. The van der Waals surface area contributed by atoms with E-state index in [1.54, 1.807) is 30.3 Å². The average molecular weight is 567 g/mol. The number of methoxy groups -OCH3 is 1. The third-order valence-electron chi connectivity index (χ3n) is 6.90. The third kappa shape index (κ3) is 5.97. The molecular weight excluding hydrogens is 532 g/mol. The number of piperazine rings is 1. The summed E-state index contributed by atoms with van der Waals surface area (Å²) in [6.45, 7) is 9.23. The monoisotopic (exact) mass is 566 g/mol. The van der Waals surface area contributed by atoms with Crippen molar-refractivity contribution in [2.75, 3.05) is 53.0 Å². The maximum Gasteiger partial charge on any atom is 0.279 e. The number of nitrogens with one attached hydrogen (secondary N) is 1. The van der Waals surface area contributed by atoms with Crippen LogP contribution < -0.4 is 10.3 Å². The van der Waals surface area contributed by atoms with Gasteiger partial charge in [-0.1, -0.05) is 19.9 Å². The van der Waals surface area contributed by atoms with E-state index < -0.39 is 11.0 Å². The predicted octanol–water partition coefficient (Wildman–Crippen LogP) is 1.87. The largest absolute Gasteiger partial charge is 0.475 e. The minimum absolute atomic E-state index is 0.250. The first-order valence-corrected chi connectivity index (χ1v) is 14.5. The molecule has 0 radical (unpaired) electrons. The Morgan fingerprint density at radius 2 is 1.90 bits per heavy atom. The van der Waals surface area contributed by atoms with Crippen LogP contribution in [0.5, 0.6) is 5.88 Å². The van der Waals surface area contributed by atoms with Crippen molar-refractivity contribution in [1.82, 2.24) is 38.9 Å². The van der Waals surface area contributed by atoms with Gasteiger partial charge in [0.05, 0.1) is 35.0 Å². The maximum absolute atomic E-state index is 13.5. The SMILES string of the molecule is CCc1c2nc(-c3cc(S(=O)N4CCN(CC)CC4)cnc3OCCOC)[nH]c(=O)c2nn1Cc1ccccn1. The fraction of sp³-hybridized carbons (Fsp3) is 0.444. The Morgan fingerprint density at radius 1 is 1.07 bits per heavy atom. The van der Waals surface area contributed by atoms with Gasteiger partial charge in [-0.15, -0.1) is 0 Å². The van der Waals surface area contributed by atoms with Gasteiger partial charge in [0.15, 0.2) is 5.52 Å². The number of aromatic nitrogens is 6. The quantitative estimate of drug-likeness (QED) is 0.270. The van der Waals surface area contributed by atoms with E-state index in [0.717, 1.165) is 31.0 Å². The summed E-state index contributed by atoms with van der Waals surface area (Å²) >= 11 is 0. The summed E-state index contributed by atoms with van der Waals surface area (Å²) in [5.74, 6) is 0.550. The maximum atomic E-state index is 13.5.